The number of hydrogen-bond donors (Lipinski definition) is 3. The minimum Gasteiger partial charge on any atom is -0.396 e. The largest absolute Gasteiger partial charge is 0.396 e. The van der Waals surface area contributed by atoms with Gasteiger partial charge in [-0.3, -0.25) is 0 Å². The average molecular weight is 319 g/mol. The van der Waals surface area contributed by atoms with Gasteiger partial charge in [0.1, 0.15) is 0 Å². The predicted molar refractivity (Wildman–Crippen MR) is 90.0 cm³/mol. The Balaban J connectivity index is 1.56. The molecular weight excluding hydrogens is 294 g/mol. The Morgan fingerprint density at radius 3 is 3.09 bits per heavy atom. The van der Waals surface area contributed by atoms with Gasteiger partial charge in [-0.25, -0.2) is 4.79 Å². The van der Waals surface area contributed by atoms with Gasteiger partial charge in [-0.15, -0.1) is 0 Å². The molecule has 2 heterocycles. The summed E-state index contributed by atoms with van der Waals surface area (Å²) in [5, 5.41) is 15.0. The van der Waals surface area contributed by atoms with E-state index in [4.69, 9.17) is 4.74 Å². The molecule has 1 saturated heterocycles. The SMILES string of the molecule is CN1CCc2ccc(NC(=O)NCC3(CCO)CCOC3)cc21. The lowest BCUT2D eigenvalue weighted by atomic mass is 9.84. The number of fused-ring (bicyclic) bond motifs is 1. The number of nitrogens with zero attached hydrogens (tertiary/aromatic N) is 1. The Hall–Kier alpha value is -1.79. The Morgan fingerprint density at radius 2 is 2.35 bits per heavy atom. The summed E-state index contributed by atoms with van der Waals surface area (Å²) in [7, 11) is 2.06. The summed E-state index contributed by atoms with van der Waals surface area (Å²) >= 11 is 0. The number of carbonyl (C=O) groups excluding carboxylic acids is 1. The first kappa shape index (κ1) is 16.1. The summed E-state index contributed by atoms with van der Waals surface area (Å²) in [6, 6.07) is 5.82. The average Bonchev–Trinajstić information content (AvgIpc) is 3.14. The van der Waals surface area contributed by atoms with Crippen molar-refractivity contribution in [3.05, 3.63) is 23.8 Å². The lowest BCUT2D eigenvalue weighted by Gasteiger charge is -2.26. The zero-order valence-electron chi connectivity index (χ0n) is 13.6. The van der Waals surface area contributed by atoms with E-state index in [1.54, 1.807) is 0 Å². The lowest BCUT2D eigenvalue weighted by Crippen LogP contribution is -2.40. The third-order valence-electron chi connectivity index (χ3n) is 4.92. The number of amides is 2. The van der Waals surface area contributed by atoms with E-state index in [9.17, 15) is 9.90 Å². The molecule has 6 nitrogen and oxygen atoms in total. The number of ether oxygens (including phenoxy) is 1. The molecule has 2 aliphatic heterocycles. The van der Waals surface area contributed by atoms with Crippen molar-refractivity contribution in [3.8, 4) is 0 Å². The molecule has 6 heteroatoms. The highest BCUT2D eigenvalue weighted by molar-refractivity contribution is 5.90. The molecule has 3 rings (SSSR count). The fourth-order valence-corrected chi connectivity index (χ4v) is 3.37. The molecule has 3 N–H and O–H groups in total. The van der Waals surface area contributed by atoms with Crippen LogP contribution in [0.2, 0.25) is 0 Å². The zero-order chi connectivity index (χ0) is 16.3. The van der Waals surface area contributed by atoms with Crippen LogP contribution in [0.3, 0.4) is 0 Å². The topological polar surface area (TPSA) is 73.8 Å². The first-order valence-corrected chi connectivity index (χ1v) is 8.19. The molecule has 0 aliphatic carbocycles. The van der Waals surface area contributed by atoms with Gasteiger partial charge in [0.15, 0.2) is 0 Å². The van der Waals surface area contributed by atoms with E-state index < -0.39 is 0 Å². The van der Waals surface area contributed by atoms with E-state index in [2.05, 4.69) is 28.6 Å². The van der Waals surface area contributed by atoms with Crippen LogP contribution in [0, 0.1) is 5.41 Å². The van der Waals surface area contributed by atoms with Crippen molar-refractivity contribution in [2.75, 3.05) is 50.2 Å². The van der Waals surface area contributed by atoms with E-state index >= 15 is 0 Å². The van der Waals surface area contributed by atoms with Gasteiger partial charge in [-0.1, -0.05) is 6.07 Å². The number of anilines is 2. The fourth-order valence-electron chi connectivity index (χ4n) is 3.37. The molecule has 0 spiro atoms. The van der Waals surface area contributed by atoms with Crippen LogP contribution in [-0.2, 0) is 11.2 Å². The molecule has 0 bridgehead atoms. The number of likely N-dealkylation sites (N-methyl/N-ethyl adjacent to an activating group) is 1. The van der Waals surface area contributed by atoms with Gasteiger partial charge in [-0.05, 0) is 37.0 Å². The van der Waals surface area contributed by atoms with Crippen molar-refractivity contribution in [2.45, 2.75) is 19.3 Å². The van der Waals surface area contributed by atoms with Gasteiger partial charge < -0.3 is 25.4 Å². The van der Waals surface area contributed by atoms with Crippen molar-refractivity contribution < 1.29 is 14.6 Å². The number of urea groups is 1. The Morgan fingerprint density at radius 1 is 1.48 bits per heavy atom. The van der Waals surface area contributed by atoms with Crippen LogP contribution in [0.25, 0.3) is 0 Å². The lowest BCUT2D eigenvalue weighted by molar-refractivity contribution is 0.126. The minimum atomic E-state index is -0.213. The maximum Gasteiger partial charge on any atom is 0.319 e. The molecule has 1 aromatic carbocycles. The zero-order valence-corrected chi connectivity index (χ0v) is 13.6. The summed E-state index contributed by atoms with van der Waals surface area (Å²) in [5.41, 5.74) is 3.17. The van der Waals surface area contributed by atoms with Crippen LogP contribution < -0.4 is 15.5 Å². The molecule has 1 aromatic rings. The first-order chi connectivity index (χ1) is 11.1. The highest BCUT2D eigenvalue weighted by atomic mass is 16.5. The van der Waals surface area contributed by atoms with Gasteiger partial charge in [0.05, 0.1) is 6.61 Å². The molecule has 0 saturated carbocycles. The van der Waals surface area contributed by atoms with Crippen LogP contribution in [-0.4, -0.2) is 51.1 Å². The summed E-state index contributed by atoms with van der Waals surface area (Å²) < 4.78 is 5.44. The second-order valence-corrected chi connectivity index (χ2v) is 6.60. The Labute approximate surface area is 136 Å². The highest BCUT2D eigenvalue weighted by Gasteiger charge is 2.34. The third kappa shape index (κ3) is 3.59. The van der Waals surface area contributed by atoms with Gasteiger partial charge >= 0.3 is 6.03 Å². The van der Waals surface area contributed by atoms with Crippen LogP contribution in [0.5, 0.6) is 0 Å². The highest BCUT2D eigenvalue weighted by Crippen LogP contribution is 2.32. The quantitative estimate of drug-likeness (QED) is 0.770. The molecule has 1 unspecified atom stereocenters. The molecule has 1 atom stereocenters. The molecule has 126 valence electrons. The van der Waals surface area contributed by atoms with Gasteiger partial charge in [0.25, 0.3) is 0 Å². The van der Waals surface area contributed by atoms with Crippen molar-refractivity contribution in [2.24, 2.45) is 5.41 Å². The summed E-state index contributed by atoms with van der Waals surface area (Å²) in [6.45, 7) is 2.95. The van der Waals surface area contributed by atoms with Crippen LogP contribution >= 0.6 is 0 Å². The minimum absolute atomic E-state index is 0.115. The molecule has 2 amide bonds. The van der Waals surface area contributed by atoms with Crippen molar-refractivity contribution in [1.82, 2.24) is 5.32 Å². The van der Waals surface area contributed by atoms with Crippen LogP contribution in [0.15, 0.2) is 18.2 Å². The third-order valence-corrected chi connectivity index (χ3v) is 4.92. The summed E-state index contributed by atoms with van der Waals surface area (Å²) in [5.74, 6) is 0. The molecule has 1 fully saturated rings. The van der Waals surface area contributed by atoms with Crippen LogP contribution in [0.1, 0.15) is 18.4 Å². The summed E-state index contributed by atoms with van der Waals surface area (Å²) in [6.07, 6.45) is 2.58. The predicted octanol–water partition coefficient (Wildman–Crippen LogP) is 1.59. The van der Waals surface area contributed by atoms with E-state index in [1.807, 2.05) is 12.1 Å². The molecular formula is C17H25N3O3. The molecule has 0 radical (unpaired) electrons. The van der Waals surface area contributed by atoms with E-state index in [-0.39, 0.29) is 18.1 Å². The number of aliphatic hydroxyl groups is 1. The van der Waals surface area contributed by atoms with Gasteiger partial charge in [-0.2, -0.15) is 0 Å². The van der Waals surface area contributed by atoms with E-state index in [0.717, 1.165) is 25.1 Å². The number of benzene rings is 1. The molecule has 23 heavy (non-hydrogen) atoms. The summed E-state index contributed by atoms with van der Waals surface area (Å²) in [4.78, 5) is 14.4. The van der Waals surface area contributed by atoms with Crippen LogP contribution in [0.4, 0.5) is 16.2 Å². The number of rotatable bonds is 5. The number of carbonyl (C=O) groups is 1. The van der Waals surface area contributed by atoms with Gasteiger partial charge in [0, 0.05) is 50.1 Å². The number of hydrogen-bond acceptors (Lipinski definition) is 4. The maximum atomic E-state index is 12.2. The second-order valence-electron chi connectivity index (χ2n) is 6.60. The number of aliphatic hydroxyl groups excluding tert-OH is 1. The second kappa shape index (κ2) is 6.76. The fraction of sp³-hybridized carbons (Fsp3) is 0.588. The monoisotopic (exact) mass is 319 g/mol. The van der Waals surface area contributed by atoms with Crippen molar-refractivity contribution in [3.63, 3.8) is 0 Å². The Kier molecular flexibility index (Phi) is 4.73. The normalized spacial score (nSPS) is 23.0. The first-order valence-electron chi connectivity index (χ1n) is 8.19. The maximum absolute atomic E-state index is 12.2. The number of nitrogens with one attached hydrogen (secondary N) is 2. The smallest absolute Gasteiger partial charge is 0.319 e. The molecule has 0 aromatic heterocycles. The van der Waals surface area contributed by atoms with Crippen molar-refractivity contribution >= 4 is 17.4 Å². The van der Waals surface area contributed by atoms with E-state index in [1.165, 1.54) is 11.3 Å². The van der Waals surface area contributed by atoms with E-state index in [0.29, 0.717) is 26.2 Å². The standard InChI is InChI=1S/C17H25N3O3/c1-20-7-4-13-2-3-14(10-15(13)20)19-16(22)18-11-17(5-8-21)6-9-23-12-17/h2-3,10,21H,4-9,11-12H2,1H3,(H2,18,19,22). The molecule has 2 aliphatic rings. The Bertz CT molecular complexity index is 570. The van der Waals surface area contributed by atoms with Gasteiger partial charge in [0.2, 0.25) is 0 Å². The van der Waals surface area contributed by atoms with Crippen molar-refractivity contribution in [1.29, 1.82) is 0 Å².